The minimum absolute atomic E-state index is 0.112. The molecule has 0 bridgehead atoms. The number of carbonyl (C=O) groups excluding carboxylic acids is 1. The van der Waals surface area contributed by atoms with Crippen molar-refractivity contribution >= 4 is 5.91 Å². The Balaban J connectivity index is 2.56. The third-order valence-corrected chi connectivity index (χ3v) is 1.52. The van der Waals surface area contributed by atoms with Crippen molar-refractivity contribution in [1.29, 1.82) is 0 Å². The maximum Gasteiger partial charge on any atom is 0.271 e. The number of amides is 1. The molecule has 0 spiro atoms. The summed E-state index contributed by atoms with van der Waals surface area (Å²) in [5.41, 5.74) is 5.17. The predicted molar refractivity (Wildman–Crippen MR) is 38.9 cm³/mol. The zero-order valence-electron chi connectivity index (χ0n) is 6.11. The Kier molecular flexibility index (Phi) is 1.36. The van der Waals surface area contributed by atoms with Crippen molar-refractivity contribution in [3.63, 3.8) is 0 Å². The predicted octanol–water partition coefficient (Wildman–Crippen LogP) is -0.0908. The van der Waals surface area contributed by atoms with E-state index in [9.17, 15) is 4.79 Å². The second-order valence-electron chi connectivity index (χ2n) is 2.26. The fourth-order valence-corrected chi connectivity index (χ4v) is 1.01. The van der Waals surface area contributed by atoms with Crippen LogP contribution in [-0.4, -0.2) is 17.7 Å². The van der Waals surface area contributed by atoms with Gasteiger partial charge in [0.1, 0.15) is 0 Å². The Morgan fingerprint density at radius 3 is 3.17 bits per heavy atom. The van der Waals surface area contributed by atoms with Crippen LogP contribution in [-0.2, 0) is 0 Å². The Morgan fingerprint density at radius 1 is 1.58 bits per heavy atom. The molecule has 5 heteroatoms. The van der Waals surface area contributed by atoms with Crippen molar-refractivity contribution in [1.82, 2.24) is 4.98 Å². The molecule has 1 aliphatic heterocycles. The minimum Gasteiger partial charge on any atom is -0.453 e. The molecule has 62 valence electrons. The van der Waals surface area contributed by atoms with Crippen molar-refractivity contribution in [2.45, 2.75) is 0 Å². The van der Waals surface area contributed by atoms with Crippen LogP contribution >= 0.6 is 0 Å². The average molecular weight is 166 g/mol. The highest BCUT2D eigenvalue weighted by Crippen LogP contribution is 2.33. The molecule has 1 aromatic rings. The van der Waals surface area contributed by atoms with E-state index < -0.39 is 5.91 Å². The first-order valence-electron chi connectivity index (χ1n) is 3.33. The number of nitrogens with zero attached hydrogens (tertiary/aromatic N) is 1. The molecular weight excluding hydrogens is 160 g/mol. The van der Waals surface area contributed by atoms with Crippen LogP contribution in [0.15, 0.2) is 12.3 Å². The van der Waals surface area contributed by atoms with E-state index in [1.165, 1.54) is 6.20 Å². The summed E-state index contributed by atoms with van der Waals surface area (Å²) < 4.78 is 10.0. The lowest BCUT2D eigenvalue weighted by Crippen LogP contribution is -2.13. The maximum absolute atomic E-state index is 10.8. The molecule has 0 saturated carbocycles. The first-order chi connectivity index (χ1) is 5.79. The van der Waals surface area contributed by atoms with Gasteiger partial charge >= 0.3 is 0 Å². The van der Waals surface area contributed by atoms with Gasteiger partial charge in [0.05, 0.1) is 0 Å². The zero-order chi connectivity index (χ0) is 8.55. The van der Waals surface area contributed by atoms with Gasteiger partial charge in [0.15, 0.2) is 17.2 Å². The molecule has 2 rings (SSSR count). The summed E-state index contributed by atoms with van der Waals surface area (Å²) in [6.07, 6.45) is 1.45. The lowest BCUT2D eigenvalue weighted by Gasteiger charge is -1.98. The molecule has 0 atom stereocenters. The molecule has 0 aromatic carbocycles. The van der Waals surface area contributed by atoms with Crippen molar-refractivity contribution in [2.24, 2.45) is 5.73 Å². The van der Waals surface area contributed by atoms with Crippen LogP contribution in [0.4, 0.5) is 0 Å². The van der Waals surface area contributed by atoms with Crippen LogP contribution in [0.1, 0.15) is 10.5 Å². The lowest BCUT2D eigenvalue weighted by molar-refractivity contribution is 0.0990. The van der Waals surface area contributed by atoms with Crippen molar-refractivity contribution in [3.8, 4) is 11.5 Å². The van der Waals surface area contributed by atoms with E-state index in [0.29, 0.717) is 11.5 Å². The molecule has 12 heavy (non-hydrogen) atoms. The highest BCUT2D eigenvalue weighted by atomic mass is 16.7. The summed E-state index contributed by atoms with van der Waals surface area (Å²) >= 11 is 0. The summed E-state index contributed by atoms with van der Waals surface area (Å²) in [6, 6.07) is 1.62. The minimum atomic E-state index is -0.614. The number of primary amides is 1. The molecule has 1 amide bonds. The number of hydrogen-bond donors (Lipinski definition) is 1. The quantitative estimate of drug-likeness (QED) is 0.632. The molecule has 0 saturated heterocycles. The van der Waals surface area contributed by atoms with E-state index in [2.05, 4.69) is 4.98 Å². The monoisotopic (exact) mass is 166 g/mol. The SMILES string of the molecule is NC(=O)c1nccc2c1OCO2. The van der Waals surface area contributed by atoms with Gasteiger partial charge in [-0.1, -0.05) is 0 Å². The second kappa shape index (κ2) is 2.37. The van der Waals surface area contributed by atoms with Gasteiger partial charge in [0.2, 0.25) is 6.79 Å². The molecule has 0 fully saturated rings. The van der Waals surface area contributed by atoms with Crippen LogP contribution in [0.25, 0.3) is 0 Å². The molecule has 0 radical (unpaired) electrons. The van der Waals surface area contributed by atoms with E-state index in [4.69, 9.17) is 15.2 Å². The number of aromatic nitrogens is 1. The molecule has 5 nitrogen and oxygen atoms in total. The van der Waals surface area contributed by atoms with E-state index >= 15 is 0 Å². The zero-order valence-corrected chi connectivity index (χ0v) is 6.11. The van der Waals surface area contributed by atoms with Crippen molar-refractivity contribution in [2.75, 3.05) is 6.79 Å². The molecule has 1 aromatic heterocycles. The van der Waals surface area contributed by atoms with Gasteiger partial charge in [-0.2, -0.15) is 0 Å². The summed E-state index contributed by atoms with van der Waals surface area (Å²) in [7, 11) is 0. The lowest BCUT2D eigenvalue weighted by atomic mass is 10.3. The molecule has 2 heterocycles. The fourth-order valence-electron chi connectivity index (χ4n) is 1.01. The number of ether oxygens (including phenoxy) is 2. The highest BCUT2D eigenvalue weighted by molar-refractivity contribution is 5.94. The first-order valence-corrected chi connectivity index (χ1v) is 3.33. The molecular formula is C7H6N2O3. The second-order valence-corrected chi connectivity index (χ2v) is 2.26. The van der Waals surface area contributed by atoms with Gasteiger partial charge in [-0.15, -0.1) is 0 Å². The molecule has 0 aliphatic carbocycles. The Hall–Kier alpha value is -1.78. The standard InChI is InChI=1S/C7H6N2O3/c8-7(10)5-6-4(1-2-9-5)11-3-12-6/h1-2H,3H2,(H2,8,10). The van der Waals surface area contributed by atoms with E-state index in [1.807, 2.05) is 0 Å². The Morgan fingerprint density at radius 2 is 2.42 bits per heavy atom. The number of rotatable bonds is 1. The van der Waals surface area contributed by atoms with Gasteiger partial charge in [0, 0.05) is 12.3 Å². The van der Waals surface area contributed by atoms with Gasteiger partial charge in [-0.05, 0) is 0 Å². The molecule has 0 unspecified atom stereocenters. The van der Waals surface area contributed by atoms with Crippen LogP contribution in [0.5, 0.6) is 11.5 Å². The molecule has 1 aliphatic rings. The smallest absolute Gasteiger partial charge is 0.271 e. The Bertz CT molecular complexity index is 337. The number of hydrogen-bond acceptors (Lipinski definition) is 4. The van der Waals surface area contributed by atoms with Crippen LogP contribution in [0.3, 0.4) is 0 Å². The van der Waals surface area contributed by atoms with Gasteiger partial charge < -0.3 is 15.2 Å². The summed E-state index contributed by atoms with van der Waals surface area (Å²) in [5, 5.41) is 0. The van der Waals surface area contributed by atoms with Gasteiger partial charge in [-0.3, -0.25) is 4.79 Å². The van der Waals surface area contributed by atoms with Crippen LogP contribution in [0, 0.1) is 0 Å². The van der Waals surface area contributed by atoms with Gasteiger partial charge in [0.25, 0.3) is 5.91 Å². The van der Waals surface area contributed by atoms with Crippen molar-refractivity contribution in [3.05, 3.63) is 18.0 Å². The Labute approximate surface area is 68.1 Å². The summed E-state index contributed by atoms with van der Waals surface area (Å²) in [6.45, 7) is 0.112. The highest BCUT2D eigenvalue weighted by Gasteiger charge is 2.21. The fraction of sp³-hybridized carbons (Fsp3) is 0.143. The van der Waals surface area contributed by atoms with Crippen LogP contribution in [0.2, 0.25) is 0 Å². The van der Waals surface area contributed by atoms with Crippen molar-refractivity contribution < 1.29 is 14.3 Å². The van der Waals surface area contributed by atoms with E-state index in [1.54, 1.807) is 6.07 Å². The first kappa shape index (κ1) is 6.90. The van der Waals surface area contributed by atoms with Crippen LogP contribution < -0.4 is 15.2 Å². The number of nitrogens with two attached hydrogens (primary N) is 1. The maximum atomic E-state index is 10.8. The van der Waals surface area contributed by atoms with Gasteiger partial charge in [-0.25, -0.2) is 4.98 Å². The van der Waals surface area contributed by atoms with E-state index in [0.717, 1.165) is 0 Å². The summed E-state index contributed by atoms with van der Waals surface area (Å²) in [5.74, 6) is 0.237. The third kappa shape index (κ3) is 0.868. The number of pyridine rings is 1. The molecule has 2 N–H and O–H groups in total. The summed E-state index contributed by atoms with van der Waals surface area (Å²) in [4.78, 5) is 14.6. The number of carbonyl (C=O) groups is 1. The average Bonchev–Trinajstić information content (AvgIpc) is 2.49. The number of fused-ring (bicyclic) bond motifs is 1. The third-order valence-electron chi connectivity index (χ3n) is 1.52. The largest absolute Gasteiger partial charge is 0.453 e. The normalized spacial score (nSPS) is 13.0. The van der Waals surface area contributed by atoms with E-state index in [-0.39, 0.29) is 12.5 Å². The topological polar surface area (TPSA) is 74.4 Å².